The summed E-state index contributed by atoms with van der Waals surface area (Å²) in [7, 11) is 0. The standard InChI is InChI=1S/C19H23N3O2S/c25-18(21-19-7-13-3-14(8-19)5-15(4-13)9-19)22-20-10-12-1-2-16-17(6-12)24-11-23-16/h1-2,6,10,13-15H,3-5,7-9,11H2,(H2,21,22,25). The Morgan fingerprint density at radius 3 is 2.48 bits per heavy atom. The highest BCUT2D eigenvalue weighted by molar-refractivity contribution is 7.80. The fraction of sp³-hybridized carbons (Fsp3) is 0.579. The number of fused-ring (bicyclic) bond motifs is 1. The van der Waals surface area contributed by atoms with E-state index >= 15 is 0 Å². The van der Waals surface area contributed by atoms with Gasteiger partial charge in [0.05, 0.1) is 6.21 Å². The second-order valence-corrected chi connectivity index (χ2v) is 8.54. The van der Waals surface area contributed by atoms with Crippen LogP contribution in [0.5, 0.6) is 11.5 Å². The van der Waals surface area contributed by atoms with Gasteiger partial charge in [0.25, 0.3) is 0 Å². The van der Waals surface area contributed by atoms with Gasteiger partial charge >= 0.3 is 0 Å². The number of hydrogen-bond acceptors (Lipinski definition) is 4. The van der Waals surface area contributed by atoms with Gasteiger partial charge in [0.1, 0.15) is 0 Å². The number of nitrogens with one attached hydrogen (secondary N) is 2. The molecule has 6 rings (SSSR count). The molecule has 6 heteroatoms. The van der Waals surface area contributed by atoms with Gasteiger partial charge in [-0.15, -0.1) is 0 Å². The van der Waals surface area contributed by atoms with Gasteiger partial charge in [0.2, 0.25) is 6.79 Å². The molecule has 0 saturated heterocycles. The molecule has 25 heavy (non-hydrogen) atoms. The van der Waals surface area contributed by atoms with Crippen LogP contribution in [0.1, 0.15) is 44.1 Å². The summed E-state index contributed by atoms with van der Waals surface area (Å²) >= 11 is 5.50. The number of hydrogen-bond donors (Lipinski definition) is 2. The minimum Gasteiger partial charge on any atom is -0.454 e. The van der Waals surface area contributed by atoms with Gasteiger partial charge in [0.15, 0.2) is 16.6 Å². The molecule has 1 aromatic rings. The maximum absolute atomic E-state index is 5.50. The van der Waals surface area contributed by atoms with E-state index in [4.69, 9.17) is 21.7 Å². The third kappa shape index (κ3) is 2.97. The summed E-state index contributed by atoms with van der Waals surface area (Å²) in [6.07, 6.45) is 9.87. The van der Waals surface area contributed by atoms with Crippen LogP contribution in [0.2, 0.25) is 0 Å². The van der Waals surface area contributed by atoms with E-state index in [2.05, 4.69) is 15.8 Å². The average molecular weight is 357 g/mol. The Labute approximate surface area is 153 Å². The molecule has 0 spiro atoms. The van der Waals surface area contributed by atoms with E-state index in [-0.39, 0.29) is 12.3 Å². The number of nitrogens with zero attached hydrogens (tertiary/aromatic N) is 1. The summed E-state index contributed by atoms with van der Waals surface area (Å²) in [5.74, 6) is 4.25. The van der Waals surface area contributed by atoms with Crippen molar-refractivity contribution in [3.63, 3.8) is 0 Å². The summed E-state index contributed by atoms with van der Waals surface area (Å²) in [6.45, 7) is 0.285. The molecule has 1 heterocycles. The largest absolute Gasteiger partial charge is 0.454 e. The molecule has 4 saturated carbocycles. The second-order valence-electron chi connectivity index (χ2n) is 8.13. The molecule has 4 bridgehead atoms. The van der Waals surface area contributed by atoms with Crippen molar-refractivity contribution >= 4 is 23.5 Å². The molecular formula is C19H23N3O2S. The molecule has 0 amide bonds. The van der Waals surface area contributed by atoms with Crippen LogP contribution in [-0.2, 0) is 0 Å². The van der Waals surface area contributed by atoms with E-state index in [1.54, 1.807) is 6.21 Å². The van der Waals surface area contributed by atoms with E-state index < -0.39 is 0 Å². The molecular weight excluding hydrogens is 334 g/mol. The van der Waals surface area contributed by atoms with Crippen molar-refractivity contribution in [1.82, 2.24) is 10.7 Å². The van der Waals surface area contributed by atoms with Crippen LogP contribution >= 0.6 is 12.2 Å². The predicted octanol–water partition coefficient (Wildman–Crippen LogP) is 3.18. The molecule has 5 aliphatic rings. The van der Waals surface area contributed by atoms with Crippen molar-refractivity contribution < 1.29 is 9.47 Å². The SMILES string of the molecule is S=C(NN=Cc1ccc2c(c1)OCO2)NC12CC3CC(CC(C3)C1)C2. The summed E-state index contributed by atoms with van der Waals surface area (Å²) in [5.41, 5.74) is 4.16. The molecule has 4 aliphatic carbocycles. The van der Waals surface area contributed by atoms with E-state index in [0.29, 0.717) is 5.11 Å². The smallest absolute Gasteiger partial charge is 0.231 e. The molecule has 0 unspecified atom stereocenters. The lowest BCUT2D eigenvalue weighted by Gasteiger charge is -2.57. The first-order valence-electron chi connectivity index (χ1n) is 9.18. The molecule has 1 aromatic carbocycles. The monoisotopic (exact) mass is 357 g/mol. The van der Waals surface area contributed by atoms with Gasteiger partial charge in [-0.25, -0.2) is 0 Å². The summed E-state index contributed by atoms with van der Waals surface area (Å²) in [6, 6.07) is 5.77. The van der Waals surface area contributed by atoms with Gasteiger partial charge in [-0.2, -0.15) is 5.10 Å². The second kappa shape index (κ2) is 5.87. The van der Waals surface area contributed by atoms with Crippen LogP contribution in [0.25, 0.3) is 0 Å². The quantitative estimate of drug-likeness (QED) is 0.494. The lowest BCUT2D eigenvalue weighted by molar-refractivity contribution is -0.0101. The first kappa shape index (κ1) is 15.4. The van der Waals surface area contributed by atoms with Crippen molar-refractivity contribution in [2.45, 2.75) is 44.1 Å². The summed E-state index contributed by atoms with van der Waals surface area (Å²) in [4.78, 5) is 0. The normalized spacial score (nSPS) is 34.5. The summed E-state index contributed by atoms with van der Waals surface area (Å²) < 4.78 is 10.7. The zero-order valence-corrected chi connectivity index (χ0v) is 15.0. The van der Waals surface area contributed by atoms with Crippen LogP contribution in [0.4, 0.5) is 0 Å². The average Bonchev–Trinajstić information content (AvgIpc) is 3.00. The Balaban J connectivity index is 1.20. The maximum atomic E-state index is 5.50. The minimum absolute atomic E-state index is 0.215. The fourth-order valence-electron chi connectivity index (χ4n) is 5.69. The van der Waals surface area contributed by atoms with E-state index in [1.165, 1.54) is 38.5 Å². The third-order valence-electron chi connectivity index (χ3n) is 6.19. The Morgan fingerprint density at radius 1 is 1.08 bits per heavy atom. The number of rotatable bonds is 3. The third-order valence-corrected chi connectivity index (χ3v) is 6.39. The van der Waals surface area contributed by atoms with Gasteiger partial charge in [0, 0.05) is 5.54 Å². The molecule has 132 valence electrons. The minimum atomic E-state index is 0.215. The Morgan fingerprint density at radius 2 is 1.76 bits per heavy atom. The van der Waals surface area contributed by atoms with E-state index in [9.17, 15) is 0 Å². The zero-order chi connectivity index (χ0) is 16.9. The topological polar surface area (TPSA) is 54.9 Å². The summed E-state index contributed by atoms with van der Waals surface area (Å²) in [5, 5.41) is 8.54. The van der Waals surface area contributed by atoms with Crippen LogP contribution in [0.3, 0.4) is 0 Å². The van der Waals surface area contributed by atoms with Crippen molar-refractivity contribution in [1.29, 1.82) is 0 Å². The molecule has 0 radical (unpaired) electrons. The van der Waals surface area contributed by atoms with Gasteiger partial charge < -0.3 is 14.8 Å². The number of ether oxygens (including phenoxy) is 2. The van der Waals surface area contributed by atoms with Crippen molar-refractivity contribution in [3.8, 4) is 11.5 Å². The van der Waals surface area contributed by atoms with Crippen LogP contribution in [-0.4, -0.2) is 23.7 Å². The molecule has 2 N–H and O–H groups in total. The van der Waals surface area contributed by atoms with Crippen LogP contribution < -0.4 is 20.2 Å². The first-order valence-corrected chi connectivity index (χ1v) is 9.59. The Kier molecular flexibility index (Phi) is 3.62. The van der Waals surface area contributed by atoms with E-state index in [1.807, 2.05) is 18.2 Å². The lowest BCUT2D eigenvalue weighted by atomic mass is 9.53. The zero-order valence-electron chi connectivity index (χ0n) is 14.2. The maximum Gasteiger partial charge on any atom is 0.231 e. The predicted molar refractivity (Wildman–Crippen MR) is 99.9 cm³/mol. The van der Waals surface area contributed by atoms with Gasteiger partial charge in [-0.05, 0) is 92.3 Å². The fourth-order valence-corrected chi connectivity index (χ4v) is 5.96. The number of hydrazone groups is 1. The lowest BCUT2D eigenvalue weighted by Crippen LogP contribution is -2.61. The first-order chi connectivity index (χ1) is 12.2. The van der Waals surface area contributed by atoms with E-state index in [0.717, 1.165) is 34.8 Å². The molecule has 0 atom stereocenters. The highest BCUT2D eigenvalue weighted by Crippen LogP contribution is 2.55. The van der Waals surface area contributed by atoms with Crippen molar-refractivity contribution in [2.24, 2.45) is 22.9 Å². The Bertz CT molecular complexity index is 698. The molecule has 5 nitrogen and oxygen atoms in total. The number of thiocarbonyl (C=S) groups is 1. The van der Waals surface area contributed by atoms with Gasteiger partial charge in [-0.1, -0.05) is 0 Å². The number of benzene rings is 1. The van der Waals surface area contributed by atoms with Crippen molar-refractivity contribution in [2.75, 3.05) is 6.79 Å². The van der Waals surface area contributed by atoms with Crippen molar-refractivity contribution in [3.05, 3.63) is 23.8 Å². The molecule has 1 aliphatic heterocycles. The van der Waals surface area contributed by atoms with Gasteiger partial charge in [-0.3, -0.25) is 5.43 Å². The highest BCUT2D eigenvalue weighted by Gasteiger charge is 2.51. The van der Waals surface area contributed by atoms with Crippen LogP contribution in [0, 0.1) is 17.8 Å². The Hall–Kier alpha value is -1.82. The highest BCUT2D eigenvalue weighted by atomic mass is 32.1. The molecule has 4 fully saturated rings. The molecule has 0 aromatic heterocycles. The van der Waals surface area contributed by atoms with Crippen LogP contribution in [0.15, 0.2) is 23.3 Å².